The van der Waals surface area contributed by atoms with Crippen molar-refractivity contribution in [2.45, 2.75) is 17.7 Å². The molecule has 0 bridgehead atoms. The number of carbonyl (C=O) groups is 1. The molecule has 1 amide bonds. The smallest absolute Gasteiger partial charge is 0.254 e. The molecule has 0 saturated carbocycles. The summed E-state index contributed by atoms with van der Waals surface area (Å²) in [5, 5.41) is 0. The molecule has 2 heterocycles. The van der Waals surface area contributed by atoms with Gasteiger partial charge in [-0.1, -0.05) is 15.9 Å². The number of pyridine rings is 1. The van der Waals surface area contributed by atoms with Gasteiger partial charge in [0.05, 0.1) is 0 Å². The van der Waals surface area contributed by atoms with Gasteiger partial charge in [0.15, 0.2) is 0 Å². The Hall–Kier alpha value is -1.10. The molecule has 0 atom stereocenters. The number of hydrogen-bond donors (Lipinski definition) is 1. The Labute approximate surface area is 102 Å². The normalized spacial score (nSPS) is 17.4. The van der Waals surface area contributed by atoms with Crippen molar-refractivity contribution >= 4 is 21.8 Å². The Bertz CT molecular complexity index is 436. The van der Waals surface area contributed by atoms with E-state index >= 15 is 0 Å². The maximum Gasteiger partial charge on any atom is 0.254 e. The van der Waals surface area contributed by atoms with Crippen LogP contribution in [0.2, 0.25) is 0 Å². The Balaban J connectivity index is 2.10. The van der Waals surface area contributed by atoms with Crippen molar-refractivity contribution in [3.63, 3.8) is 0 Å². The quantitative estimate of drug-likeness (QED) is 0.792. The van der Waals surface area contributed by atoms with Gasteiger partial charge in [0.1, 0.15) is 0 Å². The number of alkyl halides is 1. The van der Waals surface area contributed by atoms with Gasteiger partial charge in [-0.15, -0.1) is 0 Å². The highest BCUT2D eigenvalue weighted by Crippen LogP contribution is 2.18. The molecule has 2 rings (SSSR count). The maximum absolute atomic E-state index is 12.0. The van der Waals surface area contributed by atoms with Crippen LogP contribution < -0.4 is 5.56 Å². The third-order valence-corrected chi connectivity index (χ3v) is 3.65. The van der Waals surface area contributed by atoms with Gasteiger partial charge in [-0.2, -0.15) is 0 Å². The van der Waals surface area contributed by atoms with Crippen LogP contribution in [0.3, 0.4) is 0 Å². The zero-order chi connectivity index (χ0) is 11.5. The minimum absolute atomic E-state index is 0.0505. The first-order valence-corrected chi connectivity index (χ1v) is 6.20. The van der Waals surface area contributed by atoms with Crippen LogP contribution in [0.5, 0.6) is 0 Å². The van der Waals surface area contributed by atoms with Gasteiger partial charge in [-0.3, -0.25) is 9.59 Å². The molecule has 1 saturated heterocycles. The second-order valence-corrected chi connectivity index (χ2v) is 5.20. The number of rotatable bonds is 1. The van der Waals surface area contributed by atoms with E-state index < -0.39 is 0 Å². The lowest BCUT2D eigenvalue weighted by Gasteiger charge is -2.29. The second-order valence-electron chi connectivity index (χ2n) is 3.91. The fraction of sp³-hybridized carbons (Fsp3) is 0.455. The largest absolute Gasteiger partial charge is 0.339 e. The summed E-state index contributed by atoms with van der Waals surface area (Å²) in [5.41, 5.74) is 0.234. The number of aromatic amines is 1. The van der Waals surface area contributed by atoms with Crippen LogP contribution in [-0.4, -0.2) is 33.7 Å². The molecule has 0 unspecified atom stereocenters. The summed E-state index contributed by atoms with van der Waals surface area (Å²) >= 11 is 3.54. The molecule has 0 aliphatic carbocycles. The molecule has 1 N–H and O–H groups in total. The topological polar surface area (TPSA) is 53.2 Å². The average Bonchev–Trinajstić information content (AvgIpc) is 2.29. The highest BCUT2D eigenvalue weighted by Gasteiger charge is 2.22. The number of aromatic nitrogens is 1. The number of carbonyl (C=O) groups excluding carboxylic acids is 1. The molecule has 0 radical (unpaired) electrons. The van der Waals surface area contributed by atoms with Crippen LogP contribution in [0.25, 0.3) is 0 Å². The monoisotopic (exact) mass is 284 g/mol. The van der Waals surface area contributed by atoms with Gasteiger partial charge in [0.25, 0.3) is 5.91 Å². The maximum atomic E-state index is 12.0. The molecule has 16 heavy (non-hydrogen) atoms. The molecule has 0 aromatic carbocycles. The summed E-state index contributed by atoms with van der Waals surface area (Å²) in [7, 11) is 0. The average molecular weight is 285 g/mol. The van der Waals surface area contributed by atoms with Crippen LogP contribution in [0.1, 0.15) is 23.2 Å². The molecular formula is C11H13BrN2O2. The summed E-state index contributed by atoms with van der Waals surface area (Å²) in [4.78, 5) is 27.9. The van der Waals surface area contributed by atoms with Gasteiger partial charge in [-0.25, -0.2) is 0 Å². The van der Waals surface area contributed by atoms with Crippen molar-refractivity contribution in [2.75, 3.05) is 13.1 Å². The van der Waals surface area contributed by atoms with Crippen molar-refractivity contribution in [1.29, 1.82) is 0 Å². The molecule has 1 aromatic rings. The van der Waals surface area contributed by atoms with Crippen LogP contribution >= 0.6 is 15.9 Å². The minimum atomic E-state index is -0.235. The first-order valence-electron chi connectivity index (χ1n) is 5.29. The van der Waals surface area contributed by atoms with E-state index in [1.54, 1.807) is 11.0 Å². The number of halogens is 1. The molecule has 0 spiro atoms. The highest BCUT2D eigenvalue weighted by atomic mass is 79.9. The van der Waals surface area contributed by atoms with E-state index in [9.17, 15) is 9.59 Å². The number of piperidine rings is 1. The summed E-state index contributed by atoms with van der Waals surface area (Å²) in [5.74, 6) is -0.0505. The van der Waals surface area contributed by atoms with Crippen molar-refractivity contribution in [1.82, 2.24) is 9.88 Å². The molecule has 1 aliphatic heterocycles. The summed E-state index contributed by atoms with van der Waals surface area (Å²) in [6.45, 7) is 1.50. The van der Waals surface area contributed by atoms with Crippen molar-refractivity contribution < 1.29 is 4.79 Å². The van der Waals surface area contributed by atoms with Crippen molar-refractivity contribution in [2.24, 2.45) is 0 Å². The van der Waals surface area contributed by atoms with E-state index in [0.29, 0.717) is 10.4 Å². The number of nitrogens with zero attached hydrogens (tertiary/aromatic N) is 1. The Kier molecular flexibility index (Phi) is 3.43. The first kappa shape index (κ1) is 11.4. The van der Waals surface area contributed by atoms with E-state index in [1.807, 2.05) is 0 Å². The van der Waals surface area contributed by atoms with Crippen molar-refractivity contribution in [3.8, 4) is 0 Å². The van der Waals surface area contributed by atoms with Crippen molar-refractivity contribution in [3.05, 3.63) is 34.2 Å². The fourth-order valence-corrected chi connectivity index (χ4v) is 2.22. The van der Waals surface area contributed by atoms with E-state index in [4.69, 9.17) is 0 Å². The van der Waals surface area contributed by atoms with Gasteiger partial charge in [0, 0.05) is 35.7 Å². The summed E-state index contributed by atoms with van der Waals surface area (Å²) in [6, 6.07) is 2.99. The zero-order valence-electron chi connectivity index (χ0n) is 8.78. The molecular weight excluding hydrogens is 272 g/mol. The Morgan fingerprint density at radius 2 is 2.12 bits per heavy atom. The molecule has 1 aliphatic rings. The van der Waals surface area contributed by atoms with Crippen LogP contribution in [0.4, 0.5) is 0 Å². The number of hydrogen-bond acceptors (Lipinski definition) is 2. The fourth-order valence-electron chi connectivity index (χ4n) is 1.81. The van der Waals surface area contributed by atoms with Crippen LogP contribution in [0.15, 0.2) is 23.1 Å². The predicted molar refractivity (Wildman–Crippen MR) is 64.9 cm³/mol. The SMILES string of the molecule is O=C(c1cc[nH]c(=O)c1)N1CCC(Br)CC1. The van der Waals surface area contributed by atoms with Gasteiger partial charge in [-0.05, 0) is 18.9 Å². The standard InChI is InChI=1S/C11H13BrN2O2/c12-9-2-5-14(6-3-9)11(16)8-1-4-13-10(15)7-8/h1,4,7,9H,2-3,5-6H2,(H,13,15). The lowest BCUT2D eigenvalue weighted by Crippen LogP contribution is -2.39. The van der Waals surface area contributed by atoms with E-state index in [1.165, 1.54) is 12.3 Å². The number of amides is 1. The van der Waals surface area contributed by atoms with Gasteiger partial charge in [0.2, 0.25) is 5.56 Å². The predicted octanol–water partition coefficient (Wildman–Crippen LogP) is 1.37. The number of nitrogens with one attached hydrogen (secondary N) is 1. The number of likely N-dealkylation sites (tertiary alicyclic amines) is 1. The first-order chi connectivity index (χ1) is 7.66. The molecule has 4 nitrogen and oxygen atoms in total. The third kappa shape index (κ3) is 2.52. The summed E-state index contributed by atoms with van der Waals surface area (Å²) in [6.07, 6.45) is 3.44. The van der Waals surface area contributed by atoms with Gasteiger partial charge < -0.3 is 9.88 Å². The lowest BCUT2D eigenvalue weighted by molar-refractivity contribution is 0.0728. The lowest BCUT2D eigenvalue weighted by atomic mass is 10.1. The summed E-state index contributed by atoms with van der Waals surface area (Å²) < 4.78 is 0. The second kappa shape index (κ2) is 4.82. The zero-order valence-corrected chi connectivity index (χ0v) is 10.4. The van der Waals surface area contributed by atoms with E-state index in [2.05, 4.69) is 20.9 Å². The Morgan fingerprint density at radius 1 is 1.44 bits per heavy atom. The molecule has 1 aromatic heterocycles. The van der Waals surface area contributed by atoms with Crippen LogP contribution in [-0.2, 0) is 0 Å². The molecule has 86 valence electrons. The molecule has 1 fully saturated rings. The number of H-pyrrole nitrogens is 1. The van der Waals surface area contributed by atoms with E-state index in [0.717, 1.165) is 25.9 Å². The third-order valence-electron chi connectivity index (χ3n) is 2.73. The van der Waals surface area contributed by atoms with E-state index in [-0.39, 0.29) is 11.5 Å². The highest BCUT2D eigenvalue weighted by molar-refractivity contribution is 9.09. The van der Waals surface area contributed by atoms with Gasteiger partial charge >= 0.3 is 0 Å². The Morgan fingerprint density at radius 3 is 2.75 bits per heavy atom. The van der Waals surface area contributed by atoms with Crippen LogP contribution in [0, 0.1) is 0 Å². The molecule has 5 heteroatoms. The minimum Gasteiger partial charge on any atom is -0.339 e.